The molecule has 1 fully saturated rings. The third-order valence-corrected chi connectivity index (χ3v) is 4.71. The van der Waals surface area contributed by atoms with Gasteiger partial charge in [0.15, 0.2) is 0 Å². The van der Waals surface area contributed by atoms with Crippen LogP contribution in [-0.2, 0) is 6.54 Å². The summed E-state index contributed by atoms with van der Waals surface area (Å²) in [6.45, 7) is 2.96. The van der Waals surface area contributed by atoms with Gasteiger partial charge in [-0.1, -0.05) is 6.07 Å². The molecule has 7 nitrogen and oxygen atoms in total. The Morgan fingerprint density at radius 2 is 2.16 bits per heavy atom. The molecule has 3 aromatic heterocycles. The van der Waals surface area contributed by atoms with Crippen molar-refractivity contribution in [3.63, 3.8) is 0 Å². The Morgan fingerprint density at radius 3 is 3.00 bits per heavy atom. The van der Waals surface area contributed by atoms with E-state index in [0.717, 1.165) is 24.2 Å². The molecular formula is C18H19N5O2. The lowest BCUT2D eigenvalue weighted by molar-refractivity contribution is 0.0712. The summed E-state index contributed by atoms with van der Waals surface area (Å²) in [6.07, 6.45) is 5.24. The van der Waals surface area contributed by atoms with E-state index in [4.69, 9.17) is 0 Å². The number of hydrogen-bond donors (Lipinski definition) is 0. The van der Waals surface area contributed by atoms with Gasteiger partial charge in [-0.15, -0.1) is 0 Å². The largest absolute Gasteiger partial charge is 0.332 e. The zero-order valence-electron chi connectivity index (χ0n) is 14.0. The highest BCUT2D eigenvalue weighted by Gasteiger charge is 2.32. The van der Waals surface area contributed by atoms with Gasteiger partial charge in [-0.2, -0.15) is 5.10 Å². The molecule has 0 aliphatic carbocycles. The second kappa shape index (κ2) is 6.16. The van der Waals surface area contributed by atoms with Crippen molar-refractivity contribution in [3.05, 3.63) is 64.5 Å². The molecule has 0 bridgehead atoms. The Labute approximate surface area is 144 Å². The number of amides is 1. The van der Waals surface area contributed by atoms with Gasteiger partial charge in [0.2, 0.25) is 0 Å². The Kier molecular flexibility index (Phi) is 3.83. The first-order valence-electron chi connectivity index (χ1n) is 8.42. The third kappa shape index (κ3) is 2.71. The van der Waals surface area contributed by atoms with Crippen molar-refractivity contribution in [1.82, 2.24) is 24.1 Å². The average molecular weight is 337 g/mol. The number of aryl methyl sites for hydroxylation is 1. The van der Waals surface area contributed by atoms with Crippen LogP contribution in [0.5, 0.6) is 0 Å². The number of hydrogen-bond acceptors (Lipinski definition) is 4. The van der Waals surface area contributed by atoms with Crippen molar-refractivity contribution in [1.29, 1.82) is 0 Å². The molecule has 1 amide bonds. The molecule has 0 radical (unpaired) electrons. The zero-order valence-corrected chi connectivity index (χ0v) is 14.0. The molecular weight excluding hydrogens is 318 g/mol. The van der Waals surface area contributed by atoms with Gasteiger partial charge in [0, 0.05) is 25.0 Å². The van der Waals surface area contributed by atoms with E-state index in [1.807, 2.05) is 40.6 Å². The van der Waals surface area contributed by atoms with Crippen molar-refractivity contribution < 1.29 is 4.79 Å². The van der Waals surface area contributed by atoms with E-state index < -0.39 is 0 Å². The van der Waals surface area contributed by atoms with Gasteiger partial charge >= 0.3 is 0 Å². The van der Waals surface area contributed by atoms with Gasteiger partial charge in [0.25, 0.3) is 11.5 Å². The van der Waals surface area contributed by atoms with Crippen LogP contribution in [0.3, 0.4) is 0 Å². The predicted octanol–water partition coefficient (Wildman–Crippen LogP) is 1.50. The third-order valence-electron chi connectivity index (χ3n) is 4.71. The molecule has 0 N–H and O–H groups in total. The summed E-state index contributed by atoms with van der Waals surface area (Å²) in [5.74, 6) is -0.0392. The summed E-state index contributed by atoms with van der Waals surface area (Å²) in [6, 6.07) is 8.76. The first-order chi connectivity index (χ1) is 12.1. The molecule has 7 heteroatoms. The first-order valence-corrected chi connectivity index (χ1v) is 8.42. The molecule has 3 aromatic rings. The summed E-state index contributed by atoms with van der Waals surface area (Å²) < 4.78 is 3.26. The van der Waals surface area contributed by atoms with Crippen molar-refractivity contribution in [3.8, 4) is 0 Å². The molecule has 0 aromatic carbocycles. The second-order valence-electron chi connectivity index (χ2n) is 6.31. The number of likely N-dealkylation sites (tertiary alicyclic amines) is 1. The minimum absolute atomic E-state index is 0.0336. The average Bonchev–Trinajstić information content (AvgIpc) is 3.19. The van der Waals surface area contributed by atoms with E-state index in [0.29, 0.717) is 18.8 Å². The van der Waals surface area contributed by atoms with Gasteiger partial charge in [0.05, 0.1) is 18.3 Å². The van der Waals surface area contributed by atoms with Gasteiger partial charge < -0.3 is 4.90 Å². The molecule has 128 valence electrons. The highest BCUT2D eigenvalue weighted by Crippen LogP contribution is 2.23. The quantitative estimate of drug-likeness (QED) is 0.726. The summed E-state index contributed by atoms with van der Waals surface area (Å²) in [5.41, 5.74) is 1.93. The van der Waals surface area contributed by atoms with Crippen molar-refractivity contribution in [2.75, 3.05) is 6.54 Å². The van der Waals surface area contributed by atoms with Crippen LogP contribution in [0.15, 0.2) is 47.5 Å². The van der Waals surface area contributed by atoms with E-state index in [1.165, 1.54) is 10.7 Å². The lowest BCUT2D eigenvalue weighted by Gasteiger charge is -2.25. The normalized spacial score (nSPS) is 17.3. The predicted molar refractivity (Wildman–Crippen MR) is 92.5 cm³/mol. The summed E-state index contributed by atoms with van der Waals surface area (Å²) >= 11 is 0. The SMILES string of the molecule is Cc1nc2ccccn2c1C(=O)N1CCCC1Cn1ncccc1=O. The van der Waals surface area contributed by atoms with Crippen molar-refractivity contribution in [2.45, 2.75) is 32.4 Å². The van der Waals surface area contributed by atoms with E-state index in [-0.39, 0.29) is 17.5 Å². The lowest BCUT2D eigenvalue weighted by Crippen LogP contribution is -2.41. The van der Waals surface area contributed by atoms with Gasteiger partial charge in [0.1, 0.15) is 11.3 Å². The fourth-order valence-corrected chi connectivity index (χ4v) is 3.52. The number of aromatic nitrogens is 4. The van der Waals surface area contributed by atoms with Crippen LogP contribution in [0.25, 0.3) is 5.65 Å². The van der Waals surface area contributed by atoms with Crippen LogP contribution in [0.1, 0.15) is 29.0 Å². The number of imidazole rings is 1. The van der Waals surface area contributed by atoms with Crippen molar-refractivity contribution >= 4 is 11.6 Å². The van der Waals surface area contributed by atoms with Crippen LogP contribution in [0.4, 0.5) is 0 Å². The maximum atomic E-state index is 13.2. The Balaban J connectivity index is 1.66. The van der Waals surface area contributed by atoms with Gasteiger partial charge in [-0.05, 0) is 38.0 Å². The number of carbonyl (C=O) groups excluding carboxylic acids is 1. The summed E-state index contributed by atoms with van der Waals surface area (Å²) in [4.78, 5) is 31.4. The fourth-order valence-electron chi connectivity index (χ4n) is 3.52. The Bertz CT molecular complexity index is 990. The second-order valence-corrected chi connectivity index (χ2v) is 6.31. The van der Waals surface area contributed by atoms with E-state index in [9.17, 15) is 9.59 Å². The highest BCUT2D eigenvalue weighted by molar-refractivity contribution is 5.95. The molecule has 4 heterocycles. The zero-order chi connectivity index (χ0) is 17.4. The smallest absolute Gasteiger partial charge is 0.273 e. The minimum atomic E-state index is -0.146. The molecule has 1 unspecified atom stereocenters. The summed E-state index contributed by atoms with van der Waals surface area (Å²) in [5, 5.41) is 4.11. The number of nitrogens with zero attached hydrogens (tertiary/aromatic N) is 5. The topological polar surface area (TPSA) is 72.5 Å². The number of fused-ring (bicyclic) bond motifs is 1. The molecule has 1 saturated heterocycles. The van der Waals surface area contributed by atoms with E-state index in [2.05, 4.69) is 10.1 Å². The lowest BCUT2D eigenvalue weighted by atomic mass is 10.2. The number of carbonyl (C=O) groups is 1. The van der Waals surface area contributed by atoms with Crippen LogP contribution in [0.2, 0.25) is 0 Å². The van der Waals surface area contributed by atoms with Crippen LogP contribution >= 0.6 is 0 Å². The summed E-state index contributed by atoms with van der Waals surface area (Å²) in [7, 11) is 0. The van der Waals surface area contributed by atoms with E-state index >= 15 is 0 Å². The maximum Gasteiger partial charge on any atom is 0.273 e. The Hall–Kier alpha value is -2.96. The van der Waals surface area contributed by atoms with E-state index in [1.54, 1.807) is 12.3 Å². The Morgan fingerprint density at radius 1 is 1.28 bits per heavy atom. The molecule has 4 rings (SSSR count). The highest BCUT2D eigenvalue weighted by atomic mass is 16.2. The van der Waals surface area contributed by atoms with Gasteiger partial charge in [-0.25, -0.2) is 9.67 Å². The fraction of sp³-hybridized carbons (Fsp3) is 0.333. The molecule has 25 heavy (non-hydrogen) atoms. The number of pyridine rings is 1. The maximum absolute atomic E-state index is 13.2. The number of rotatable bonds is 3. The molecule has 0 spiro atoms. The van der Waals surface area contributed by atoms with Crippen LogP contribution < -0.4 is 5.56 Å². The van der Waals surface area contributed by atoms with Crippen LogP contribution in [-0.4, -0.2) is 42.6 Å². The molecule has 0 saturated carbocycles. The molecule has 1 atom stereocenters. The molecule has 1 aliphatic heterocycles. The minimum Gasteiger partial charge on any atom is -0.332 e. The van der Waals surface area contributed by atoms with Crippen molar-refractivity contribution in [2.24, 2.45) is 0 Å². The van der Waals surface area contributed by atoms with Crippen LogP contribution in [0, 0.1) is 6.92 Å². The van der Waals surface area contributed by atoms with Gasteiger partial charge in [-0.3, -0.25) is 14.0 Å². The molecule has 1 aliphatic rings. The standard InChI is InChI=1S/C18H19N5O2/c1-13-17(22-10-3-2-7-15(22)20-13)18(25)21-11-5-6-14(21)12-23-16(24)8-4-9-19-23/h2-4,7-10,14H,5-6,11-12H2,1H3. The monoisotopic (exact) mass is 337 g/mol. The first kappa shape index (κ1) is 15.6.